The second-order valence-electron chi connectivity index (χ2n) is 2.96. The van der Waals surface area contributed by atoms with Gasteiger partial charge in [-0.15, -0.1) is 0 Å². The van der Waals surface area contributed by atoms with E-state index in [2.05, 4.69) is 9.17 Å². The van der Waals surface area contributed by atoms with Crippen LogP contribution in [0.15, 0.2) is 18.5 Å². The van der Waals surface area contributed by atoms with E-state index in [-0.39, 0.29) is 5.56 Å². The van der Waals surface area contributed by atoms with Crippen molar-refractivity contribution >= 4 is 10.1 Å². The second-order valence-corrected chi connectivity index (χ2v) is 4.57. The summed E-state index contributed by atoms with van der Waals surface area (Å²) < 4.78 is 60.7. The maximum absolute atomic E-state index is 11.9. The lowest BCUT2D eigenvalue weighted by Crippen LogP contribution is -2.25. The molecule has 0 aromatic carbocycles. The lowest BCUT2D eigenvalue weighted by molar-refractivity contribution is -0.0548. The highest BCUT2D eigenvalue weighted by atomic mass is 32.2. The molecule has 16 heavy (non-hydrogen) atoms. The minimum absolute atomic E-state index is 0.287. The monoisotopic (exact) mass is 255 g/mol. The number of pyridine rings is 1. The van der Waals surface area contributed by atoms with Crippen molar-refractivity contribution in [3.05, 3.63) is 29.6 Å². The van der Waals surface area contributed by atoms with Crippen LogP contribution in [0.1, 0.15) is 11.1 Å². The maximum Gasteiger partial charge on any atom is 0.523 e. The van der Waals surface area contributed by atoms with Gasteiger partial charge in [-0.05, 0) is 18.6 Å². The quantitative estimate of drug-likeness (QED) is 0.610. The molecule has 0 aliphatic carbocycles. The first kappa shape index (κ1) is 12.9. The summed E-state index contributed by atoms with van der Waals surface area (Å²) in [5, 5.41) is 0. The maximum atomic E-state index is 11.9. The van der Waals surface area contributed by atoms with Crippen LogP contribution in [0.2, 0.25) is 0 Å². The highest BCUT2D eigenvalue weighted by Gasteiger charge is 2.47. The van der Waals surface area contributed by atoms with Crippen LogP contribution in [0, 0.1) is 6.92 Å². The van der Waals surface area contributed by atoms with Crippen LogP contribution in [0.25, 0.3) is 0 Å². The first-order chi connectivity index (χ1) is 7.24. The molecule has 0 amide bonds. The van der Waals surface area contributed by atoms with Gasteiger partial charge in [0.15, 0.2) is 0 Å². The van der Waals surface area contributed by atoms with E-state index in [1.165, 1.54) is 12.4 Å². The highest BCUT2D eigenvalue weighted by Crippen LogP contribution is 2.25. The highest BCUT2D eigenvalue weighted by molar-refractivity contribution is 7.87. The molecule has 0 saturated heterocycles. The Balaban J connectivity index is 2.77. The van der Waals surface area contributed by atoms with E-state index in [1.807, 2.05) is 0 Å². The zero-order valence-electron chi connectivity index (χ0n) is 8.15. The average molecular weight is 255 g/mol. The minimum Gasteiger partial charge on any atom is -0.264 e. The SMILES string of the molecule is Cc1ccncc1COS(=O)(=O)C(F)(F)F. The molecule has 8 heteroatoms. The molecule has 0 atom stereocenters. The third-order valence-corrected chi connectivity index (χ3v) is 2.80. The fourth-order valence-electron chi connectivity index (χ4n) is 0.856. The van der Waals surface area contributed by atoms with E-state index in [1.54, 1.807) is 13.0 Å². The molecule has 0 spiro atoms. The Morgan fingerprint density at radius 1 is 1.44 bits per heavy atom. The summed E-state index contributed by atoms with van der Waals surface area (Å²) in [4.78, 5) is 3.65. The van der Waals surface area contributed by atoms with Crippen molar-refractivity contribution in [3.8, 4) is 0 Å². The van der Waals surface area contributed by atoms with Crippen molar-refractivity contribution in [3.63, 3.8) is 0 Å². The Bertz CT molecular complexity index is 470. The molecule has 90 valence electrons. The lowest BCUT2D eigenvalue weighted by Gasteiger charge is -2.09. The van der Waals surface area contributed by atoms with Crippen LogP contribution in [0.5, 0.6) is 0 Å². The summed E-state index contributed by atoms with van der Waals surface area (Å²) in [6, 6.07) is 1.54. The van der Waals surface area contributed by atoms with Gasteiger partial charge in [0.1, 0.15) is 0 Å². The van der Waals surface area contributed by atoms with Crippen molar-refractivity contribution in [2.24, 2.45) is 0 Å². The molecule has 0 radical (unpaired) electrons. The molecule has 0 fully saturated rings. The number of alkyl halides is 3. The summed E-state index contributed by atoms with van der Waals surface area (Å²) in [7, 11) is -5.54. The Hall–Kier alpha value is -1.15. The summed E-state index contributed by atoms with van der Waals surface area (Å²) in [6.45, 7) is 0.933. The molecule has 0 bridgehead atoms. The molecule has 1 heterocycles. The Labute approximate surface area is 90.2 Å². The van der Waals surface area contributed by atoms with Gasteiger partial charge in [-0.3, -0.25) is 9.17 Å². The lowest BCUT2D eigenvalue weighted by atomic mass is 10.2. The summed E-state index contributed by atoms with van der Waals surface area (Å²) in [5.74, 6) is 0. The molecule has 0 saturated carbocycles. The fraction of sp³-hybridized carbons (Fsp3) is 0.375. The zero-order valence-corrected chi connectivity index (χ0v) is 8.97. The smallest absolute Gasteiger partial charge is 0.264 e. The molecule has 1 aromatic rings. The molecule has 4 nitrogen and oxygen atoms in total. The topological polar surface area (TPSA) is 56.3 Å². The normalized spacial score (nSPS) is 12.8. The third-order valence-electron chi connectivity index (χ3n) is 1.80. The van der Waals surface area contributed by atoms with E-state index in [9.17, 15) is 21.6 Å². The van der Waals surface area contributed by atoms with E-state index >= 15 is 0 Å². The van der Waals surface area contributed by atoms with Crippen LogP contribution in [-0.4, -0.2) is 18.9 Å². The second kappa shape index (κ2) is 4.38. The van der Waals surface area contributed by atoms with E-state index in [0.29, 0.717) is 5.56 Å². The van der Waals surface area contributed by atoms with Gasteiger partial charge in [0, 0.05) is 18.0 Å². The minimum atomic E-state index is -5.54. The van der Waals surface area contributed by atoms with Gasteiger partial charge in [-0.25, -0.2) is 0 Å². The van der Waals surface area contributed by atoms with Gasteiger partial charge >= 0.3 is 15.6 Å². The molecule has 0 unspecified atom stereocenters. The van der Waals surface area contributed by atoms with Crippen LogP contribution >= 0.6 is 0 Å². The van der Waals surface area contributed by atoms with Crippen molar-refractivity contribution in [1.29, 1.82) is 0 Å². The molecule has 0 N–H and O–H groups in total. The van der Waals surface area contributed by atoms with Crippen LogP contribution in [-0.2, 0) is 20.9 Å². The number of halogens is 3. The summed E-state index contributed by atoms with van der Waals surface area (Å²) in [5.41, 5.74) is -4.51. The van der Waals surface area contributed by atoms with Gasteiger partial charge < -0.3 is 0 Å². The Morgan fingerprint density at radius 2 is 2.06 bits per heavy atom. The van der Waals surface area contributed by atoms with Gasteiger partial charge in [0.25, 0.3) is 0 Å². The van der Waals surface area contributed by atoms with Crippen LogP contribution < -0.4 is 0 Å². The first-order valence-electron chi connectivity index (χ1n) is 4.09. The number of hydrogen-bond donors (Lipinski definition) is 0. The van der Waals surface area contributed by atoms with Crippen LogP contribution in [0.3, 0.4) is 0 Å². The molecule has 1 aromatic heterocycles. The van der Waals surface area contributed by atoms with Gasteiger partial charge in [-0.1, -0.05) is 0 Å². The number of aryl methyl sites for hydroxylation is 1. The predicted octanol–water partition coefficient (Wildman–Crippen LogP) is 1.76. The van der Waals surface area contributed by atoms with Gasteiger partial charge in [-0.2, -0.15) is 21.6 Å². The standard InChI is InChI=1S/C8H8F3NO3S/c1-6-2-3-12-4-7(6)5-15-16(13,14)8(9,10)11/h2-4H,5H2,1H3. The molecule has 1 rings (SSSR count). The fourth-order valence-corrected chi connectivity index (χ4v) is 1.27. The van der Waals surface area contributed by atoms with Gasteiger partial charge in [0.05, 0.1) is 6.61 Å². The average Bonchev–Trinajstić information content (AvgIpc) is 2.15. The number of hydrogen-bond acceptors (Lipinski definition) is 4. The number of rotatable bonds is 3. The van der Waals surface area contributed by atoms with E-state index < -0.39 is 22.2 Å². The number of aromatic nitrogens is 1. The summed E-state index contributed by atoms with van der Waals surface area (Å²) in [6.07, 6.45) is 2.69. The van der Waals surface area contributed by atoms with Crippen molar-refractivity contribution in [2.45, 2.75) is 19.0 Å². The van der Waals surface area contributed by atoms with Crippen molar-refractivity contribution in [2.75, 3.05) is 0 Å². The largest absolute Gasteiger partial charge is 0.523 e. The van der Waals surface area contributed by atoms with E-state index in [0.717, 1.165) is 0 Å². The molecule has 0 aliphatic rings. The predicted molar refractivity (Wildman–Crippen MR) is 48.7 cm³/mol. The molecular formula is C8H8F3NO3S. The Kier molecular flexibility index (Phi) is 3.54. The van der Waals surface area contributed by atoms with Crippen molar-refractivity contribution in [1.82, 2.24) is 4.98 Å². The molecule has 0 aliphatic heterocycles. The third kappa shape index (κ3) is 2.92. The first-order valence-corrected chi connectivity index (χ1v) is 5.50. The molecular weight excluding hydrogens is 247 g/mol. The Morgan fingerprint density at radius 3 is 2.56 bits per heavy atom. The zero-order chi connectivity index (χ0) is 12.4. The van der Waals surface area contributed by atoms with Crippen molar-refractivity contribution < 1.29 is 25.8 Å². The van der Waals surface area contributed by atoms with Crippen LogP contribution in [0.4, 0.5) is 13.2 Å². The van der Waals surface area contributed by atoms with E-state index in [4.69, 9.17) is 0 Å². The van der Waals surface area contributed by atoms with Gasteiger partial charge in [0.2, 0.25) is 0 Å². The summed E-state index contributed by atoms with van der Waals surface area (Å²) >= 11 is 0. The number of nitrogens with zero attached hydrogens (tertiary/aromatic N) is 1.